The number of rotatable bonds is 2. The molecule has 0 bridgehead atoms. The third-order valence-corrected chi connectivity index (χ3v) is 5.72. The second-order valence-corrected chi connectivity index (χ2v) is 8.98. The normalized spacial score (nSPS) is 30.1. The Kier molecular flexibility index (Phi) is 4.69. The minimum atomic E-state index is -0.771. The van der Waals surface area contributed by atoms with Crippen molar-refractivity contribution in [3.05, 3.63) is 0 Å². The number of hydrogen-bond donors (Lipinski definition) is 1. The Morgan fingerprint density at radius 2 is 1.92 bits per heavy atom. The molecule has 26 heavy (non-hydrogen) atoms. The maximum atomic E-state index is 12.9. The second kappa shape index (κ2) is 6.43. The molecule has 0 aromatic carbocycles. The van der Waals surface area contributed by atoms with Gasteiger partial charge in [-0.2, -0.15) is 0 Å². The summed E-state index contributed by atoms with van der Waals surface area (Å²) < 4.78 is 10.7. The molecule has 3 fully saturated rings. The summed E-state index contributed by atoms with van der Waals surface area (Å²) in [7, 11) is 0. The van der Waals surface area contributed by atoms with Crippen molar-refractivity contribution in [1.29, 1.82) is 0 Å². The molecule has 2 aliphatic heterocycles. The lowest BCUT2D eigenvalue weighted by Crippen LogP contribution is -2.44. The van der Waals surface area contributed by atoms with Crippen LogP contribution in [0.4, 0.5) is 4.79 Å². The number of amides is 2. The topological polar surface area (TPSA) is 84.9 Å². The zero-order chi connectivity index (χ0) is 19.2. The van der Waals surface area contributed by atoms with Gasteiger partial charge in [0.15, 0.2) is 0 Å². The van der Waals surface area contributed by atoms with Gasteiger partial charge in [-0.25, -0.2) is 9.59 Å². The van der Waals surface area contributed by atoms with E-state index in [0.717, 1.165) is 25.7 Å². The SMILES string of the molecule is CCOC(=O)[C@@H]1C[C@]2(CN1C(=O)OC(C)(C)C)CC1(CCCC1)NC2=O. The zero-order valence-electron chi connectivity index (χ0n) is 16.2. The number of nitrogens with one attached hydrogen (secondary N) is 1. The Bertz CT molecular complexity index is 606. The van der Waals surface area contributed by atoms with Crippen molar-refractivity contribution < 1.29 is 23.9 Å². The van der Waals surface area contributed by atoms with Gasteiger partial charge in [-0.3, -0.25) is 9.69 Å². The van der Waals surface area contributed by atoms with E-state index in [9.17, 15) is 14.4 Å². The highest BCUT2D eigenvalue weighted by molar-refractivity contribution is 5.91. The lowest BCUT2D eigenvalue weighted by Gasteiger charge is -2.28. The van der Waals surface area contributed by atoms with Gasteiger partial charge in [0.1, 0.15) is 11.6 Å². The van der Waals surface area contributed by atoms with Gasteiger partial charge in [0.25, 0.3) is 0 Å². The van der Waals surface area contributed by atoms with E-state index in [1.54, 1.807) is 27.7 Å². The standard InChI is InChI=1S/C19H30N2O5/c1-5-25-14(22)13-10-18(12-21(13)16(24)26-17(2,3)4)11-19(20-15(18)23)8-6-7-9-19/h13H,5-12H2,1-4H3,(H,20,23)/t13-,18+/m0/s1. The van der Waals surface area contributed by atoms with Crippen LogP contribution in [-0.4, -0.2) is 53.2 Å². The summed E-state index contributed by atoms with van der Waals surface area (Å²) in [5, 5.41) is 3.19. The van der Waals surface area contributed by atoms with Gasteiger partial charge >= 0.3 is 12.1 Å². The number of esters is 1. The first-order valence-corrected chi connectivity index (χ1v) is 9.59. The third-order valence-electron chi connectivity index (χ3n) is 5.72. The van der Waals surface area contributed by atoms with Gasteiger partial charge in [0, 0.05) is 12.1 Å². The Morgan fingerprint density at radius 1 is 1.27 bits per heavy atom. The molecule has 1 aliphatic carbocycles. The number of carbonyl (C=O) groups is 3. The fourth-order valence-electron chi connectivity index (χ4n) is 4.73. The molecule has 3 aliphatic rings. The Balaban J connectivity index is 1.85. The molecule has 2 saturated heterocycles. The fraction of sp³-hybridized carbons (Fsp3) is 0.842. The molecule has 2 spiro atoms. The van der Waals surface area contributed by atoms with E-state index < -0.39 is 29.1 Å². The maximum absolute atomic E-state index is 12.9. The minimum absolute atomic E-state index is 0.0419. The van der Waals surface area contributed by atoms with Gasteiger partial charge in [0.2, 0.25) is 5.91 Å². The second-order valence-electron chi connectivity index (χ2n) is 8.98. The number of nitrogens with zero attached hydrogens (tertiary/aromatic N) is 1. The quantitative estimate of drug-likeness (QED) is 0.759. The van der Waals surface area contributed by atoms with E-state index in [1.165, 1.54) is 4.90 Å². The molecule has 0 aromatic heterocycles. The van der Waals surface area contributed by atoms with Gasteiger partial charge in [0.05, 0.1) is 12.0 Å². The Morgan fingerprint density at radius 3 is 2.50 bits per heavy atom. The predicted molar refractivity (Wildman–Crippen MR) is 94.4 cm³/mol. The number of ether oxygens (including phenoxy) is 2. The summed E-state index contributed by atoms with van der Waals surface area (Å²) in [4.78, 5) is 39.5. The molecule has 3 rings (SSSR count). The molecule has 2 heterocycles. The summed E-state index contributed by atoms with van der Waals surface area (Å²) in [5.74, 6) is -0.504. The highest BCUT2D eigenvalue weighted by Gasteiger charge is 2.62. The predicted octanol–water partition coefficient (Wildman–Crippen LogP) is 2.38. The summed E-state index contributed by atoms with van der Waals surface area (Å²) in [6.07, 6.45) is 4.56. The first kappa shape index (κ1) is 19.0. The molecule has 146 valence electrons. The van der Waals surface area contributed by atoms with E-state index in [1.807, 2.05) is 0 Å². The van der Waals surface area contributed by atoms with Gasteiger partial charge in [-0.15, -0.1) is 0 Å². The highest BCUT2D eigenvalue weighted by atomic mass is 16.6. The smallest absolute Gasteiger partial charge is 0.411 e. The molecular formula is C19H30N2O5. The van der Waals surface area contributed by atoms with Crippen LogP contribution in [0.2, 0.25) is 0 Å². The molecule has 0 radical (unpaired) electrons. The summed E-state index contributed by atoms with van der Waals surface area (Å²) in [5.41, 5.74) is -1.56. The van der Waals surface area contributed by atoms with Crippen LogP contribution in [0, 0.1) is 5.41 Å². The van der Waals surface area contributed by atoms with Crippen molar-refractivity contribution in [2.45, 2.75) is 83.4 Å². The van der Waals surface area contributed by atoms with E-state index >= 15 is 0 Å². The molecule has 2 atom stereocenters. The van der Waals surface area contributed by atoms with Crippen LogP contribution in [0.25, 0.3) is 0 Å². The molecule has 1 N–H and O–H groups in total. The lowest BCUT2D eigenvalue weighted by molar-refractivity contribution is -0.148. The molecule has 1 saturated carbocycles. The molecular weight excluding hydrogens is 336 g/mol. The van der Waals surface area contributed by atoms with Crippen LogP contribution in [0.1, 0.15) is 66.2 Å². The summed E-state index contributed by atoms with van der Waals surface area (Å²) in [6.45, 7) is 7.53. The van der Waals surface area contributed by atoms with Crippen LogP contribution >= 0.6 is 0 Å². The largest absolute Gasteiger partial charge is 0.464 e. The lowest BCUT2D eigenvalue weighted by atomic mass is 9.78. The number of likely N-dealkylation sites (tertiary alicyclic amines) is 1. The first-order valence-electron chi connectivity index (χ1n) is 9.59. The van der Waals surface area contributed by atoms with Gasteiger partial charge in [-0.1, -0.05) is 12.8 Å². The Labute approximate surface area is 154 Å². The van der Waals surface area contributed by atoms with Crippen LogP contribution < -0.4 is 5.32 Å². The van der Waals surface area contributed by atoms with Crippen molar-refractivity contribution in [1.82, 2.24) is 10.2 Å². The number of carbonyl (C=O) groups excluding carboxylic acids is 3. The number of hydrogen-bond acceptors (Lipinski definition) is 5. The van der Waals surface area contributed by atoms with Crippen LogP contribution in [0.5, 0.6) is 0 Å². The molecule has 7 heteroatoms. The Hall–Kier alpha value is -1.79. The van der Waals surface area contributed by atoms with Crippen LogP contribution in [-0.2, 0) is 19.1 Å². The molecule has 0 aromatic rings. The first-order chi connectivity index (χ1) is 12.1. The molecule has 0 unspecified atom stereocenters. The average molecular weight is 366 g/mol. The monoisotopic (exact) mass is 366 g/mol. The van der Waals surface area contributed by atoms with E-state index in [2.05, 4.69) is 5.32 Å². The van der Waals surface area contributed by atoms with Gasteiger partial charge in [-0.05, 0) is 53.4 Å². The van der Waals surface area contributed by atoms with Crippen LogP contribution in [0.15, 0.2) is 0 Å². The van der Waals surface area contributed by atoms with Crippen molar-refractivity contribution in [3.8, 4) is 0 Å². The van der Waals surface area contributed by atoms with Crippen molar-refractivity contribution in [3.63, 3.8) is 0 Å². The van der Waals surface area contributed by atoms with Crippen molar-refractivity contribution in [2.24, 2.45) is 5.41 Å². The van der Waals surface area contributed by atoms with E-state index in [-0.39, 0.29) is 24.6 Å². The third kappa shape index (κ3) is 3.40. The summed E-state index contributed by atoms with van der Waals surface area (Å²) in [6, 6.07) is -0.771. The molecule has 2 amide bonds. The zero-order valence-corrected chi connectivity index (χ0v) is 16.2. The maximum Gasteiger partial charge on any atom is 0.411 e. The van der Waals surface area contributed by atoms with E-state index in [0.29, 0.717) is 12.8 Å². The van der Waals surface area contributed by atoms with Crippen molar-refractivity contribution >= 4 is 18.0 Å². The average Bonchev–Trinajstić information content (AvgIpc) is 3.18. The van der Waals surface area contributed by atoms with Gasteiger partial charge < -0.3 is 14.8 Å². The minimum Gasteiger partial charge on any atom is -0.464 e. The van der Waals surface area contributed by atoms with Crippen LogP contribution in [0.3, 0.4) is 0 Å². The van der Waals surface area contributed by atoms with E-state index in [4.69, 9.17) is 9.47 Å². The summed E-state index contributed by atoms with van der Waals surface area (Å²) >= 11 is 0. The fourth-order valence-corrected chi connectivity index (χ4v) is 4.73. The highest BCUT2D eigenvalue weighted by Crippen LogP contribution is 2.51. The molecule has 7 nitrogen and oxygen atoms in total. The van der Waals surface area contributed by atoms with Crippen molar-refractivity contribution in [2.75, 3.05) is 13.2 Å².